The standard InChI is InChI=1S/C15H13BrFNO3/c1-20-14-5-3-2-4-13(14)18-15(19)9-21-10-6-7-12(17)11(16)8-10/h2-8H,9H2,1H3,(H,18,19). The summed E-state index contributed by atoms with van der Waals surface area (Å²) in [6.07, 6.45) is 0. The Hall–Kier alpha value is -2.08. The molecular weight excluding hydrogens is 341 g/mol. The second-order valence-corrected chi connectivity index (χ2v) is 4.97. The van der Waals surface area contributed by atoms with Gasteiger partial charge in [-0.2, -0.15) is 0 Å². The van der Waals surface area contributed by atoms with Crippen molar-refractivity contribution < 1.29 is 18.7 Å². The number of rotatable bonds is 5. The fraction of sp³-hybridized carbons (Fsp3) is 0.133. The third kappa shape index (κ3) is 4.19. The quantitative estimate of drug-likeness (QED) is 0.892. The van der Waals surface area contributed by atoms with Crippen LogP contribution in [0.25, 0.3) is 0 Å². The molecule has 110 valence electrons. The van der Waals surface area contributed by atoms with Crippen molar-refractivity contribution >= 4 is 27.5 Å². The average Bonchev–Trinajstić information content (AvgIpc) is 2.49. The van der Waals surface area contributed by atoms with Crippen molar-refractivity contribution in [3.05, 3.63) is 52.8 Å². The van der Waals surface area contributed by atoms with E-state index in [0.29, 0.717) is 17.2 Å². The molecule has 0 heterocycles. The summed E-state index contributed by atoms with van der Waals surface area (Å²) in [5, 5.41) is 2.68. The summed E-state index contributed by atoms with van der Waals surface area (Å²) in [6, 6.07) is 11.2. The van der Waals surface area contributed by atoms with E-state index in [1.54, 1.807) is 24.3 Å². The maximum absolute atomic E-state index is 13.1. The zero-order valence-electron chi connectivity index (χ0n) is 11.2. The molecule has 2 aromatic carbocycles. The van der Waals surface area contributed by atoms with E-state index in [2.05, 4.69) is 21.2 Å². The highest BCUT2D eigenvalue weighted by Crippen LogP contribution is 2.23. The molecule has 6 heteroatoms. The first-order chi connectivity index (χ1) is 10.1. The van der Waals surface area contributed by atoms with E-state index >= 15 is 0 Å². The van der Waals surface area contributed by atoms with E-state index in [0.717, 1.165) is 0 Å². The van der Waals surface area contributed by atoms with E-state index in [-0.39, 0.29) is 22.8 Å². The molecule has 1 amide bonds. The minimum Gasteiger partial charge on any atom is -0.495 e. The van der Waals surface area contributed by atoms with Gasteiger partial charge >= 0.3 is 0 Å². The number of para-hydroxylation sites is 2. The number of carbonyl (C=O) groups excluding carboxylic acids is 1. The van der Waals surface area contributed by atoms with Gasteiger partial charge in [0.2, 0.25) is 0 Å². The van der Waals surface area contributed by atoms with Crippen molar-refractivity contribution in [1.82, 2.24) is 0 Å². The molecule has 0 unspecified atom stereocenters. The van der Waals surface area contributed by atoms with Crippen molar-refractivity contribution in [2.45, 2.75) is 0 Å². The van der Waals surface area contributed by atoms with Crippen LogP contribution in [0.1, 0.15) is 0 Å². The van der Waals surface area contributed by atoms with Crippen LogP contribution < -0.4 is 14.8 Å². The monoisotopic (exact) mass is 353 g/mol. The molecule has 21 heavy (non-hydrogen) atoms. The van der Waals surface area contributed by atoms with Crippen LogP contribution in [0.5, 0.6) is 11.5 Å². The molecule has 0 radical (unpaired) electrons. The van der Waals surface area contributed by atoms with Gasteiger partial charge in [0.1, 0.15) is 17.3 Å². The van der Waals surface area contributed by atoms with Crippen molar-refractivity contribution in [1.29, 1.82) is 0 Å². The number of nitrogens with one attached hydrogen (secondary N) is 1. The van der Waals surface area contributed by atoms with Gasteiger partial charge in [-0.15, -0.1) is 0 Å². The summed E-state index contributed by atoms with van der Waals surface area (Å²) in [4.78, 5) is 11.8. The number of anilines is 1. The third-order valence-electron chi connectivity index (χ3n) is 2.64. The highest BCUT2D eigenvalue weighted by molar-refractivity contribution is 9.10. The topological polar surface area (TPSA) is 47.6 Å². The van der Waals surface area contributed by atoms with Gasteiger partial charge in [0.15, 0.2) is 6.61 Å². The molecule has 0 aliphatic rings. The van der Waals surface area contributed by atoms with Crippen LogP contribution >= 0.6 is 15.9 Å². The van der Waals surface area contributed by atoms with E-state index in [9.17, 15) is 9.18 Å². The number of amides is 1. The zero-order chi connectivity index (χ0) is 15.2. The van der Waals surface area contributed by atoms with Crippen LogP contribution in [0.2, 0.25) is 0 Å². The lowest BCUT2D eigenvalue weighted by Gasteiger charge is -2.10. The maximum Gasteiger partial charge on any atom is 0.262 e. The average molecular weight is 354 g/mol. The Morgan fingerprint density at radius 1 is 1.29 bits per heavy atom. The van der Waals surface area contributed by atoms with Crippen LogP contribution in [0.15, 0.2) is 46.9 Å². The number of hydrogen-bond donors (Lipinski definition) is 1. The zero-order valence-corrected chi connectivity index (χ0v) is 12.8. The number of halogens is 2. The highest BCUT2D eigenvalue weighted by atomic mass is 79.9. The molecule has 1 N–H and O–H groups in total. The lowest BCUT2D eigenvalue weighted by molar-refractivity contribution is -0.118. The van der Waals surface area contributed by atoms with E-state index in [4.69, 9.17) is 9.47 Å². The summed E-state index contributed by atoms with van der Waals surface area (Å²) in [7, 11) is 1.53. The smallest absolute Gasteiger partial charge is 0.262 e. The Kier molecular flexibility index (Phi) is 5.16. The van der Waals surface area contributed by atoms with Crippen molar-refractivity contribution in [3.63, 3.8) is 0 Å². The highest BCUT2D eigenvalue weighted by Gasteiger charge is 2.08. The molecule has 0 spiro atoms. The Morgan fingerprint density at radius 2 is 2.05 bits per heavy atom. The minimum absolute atomic E-state index is 0.184. The molecule has 0 aromatic heterocycles. The first-order valence-corrected chi connectivity index (χ1v) is 6.90. The van der Waals surface area contributed by atoms with Gasteiger partial charge < -0.3 is 14.8 Å². The fourth-order valence-corrected chi connectivity index (χ4v) is 2.01. The van der Waals surface area contributed by atoms with E-state index in [1.807, 2.05) is 0 Å². The molecule has 0 bridgehead atoms. The SMILES string of the molecule is COc1ccccc1NC(=O)COc1ccc(F)c(Br)c1. The van der Waals surface area contributed by atoms with Crippen molar-refractivity contribution in [2.75, 3.05) is 19.0 Å². The molecule has 4 nitrogen and oxygen atoms in total. The number of carbonyl (C=O) groups is 1. The van der Waals surface area contributed by atoms with Gasteiger partial charge in [0, 0.05) is 0 Å². The summed E-state index contributed by atoms with van der Waals surface area (Å²) in [5.41, 5.74) is 0.564. The number of benzene rings is 2. The molecule has 2 aromatic rings. The molecule has 0 saturated carbocycles. The largest absolute Gasteiger partial charge is 0.495 e. The number of methoxy groups -OCH3 is 1. The Bertz CT molecular complexity index is 649. The van der Waals surface area contributed by atoms with Crippen molar-refractivity contribution in [2.24, 2.45) is 0 Å². The first-order valence-electron chi connectivity index (χ1n) is 6.11. The normalized spacial score (nSPS) is 10.0. The summed E-state index contributed by atoms with van der Waals surface area (Å²) in [6.45, 7) is -0.184. The minimum atomic E-state index is -0.388. The second-order valence-electron chi connectivity index (χ2n) is 4.11. The Morgan fingerprint density at radius 3 is 2.76 bits per heavy atom. The lowest BCUT2D eigenvalue weighted by Crippen LogP contribution is -2.20. The van der Waals surface area contributed by atoms with Crippen LogP contribution in [0.3, 0.4) is 0 Å². The van der Waals surface area contributed by atoms with E-state index < -0.39 is 0 Å². The summed E-state index contributed by atoms with van der Waals surface area (Å²) in [5.74, 6) is 0.245. The summed E-state index contributed by atoms with van der Waals surface area (Å²) >= 11 is 3.05. The van der Waals surface area contributed by atoms with Gasteiger partial charge in [-0.1, -0.05) is 12.1 Å². The van der Waals surface area contributed by atoms with Crippen molar-refractivity contribution in [3.8, 4) is 11.5 Å². The van der Waals surface area contributed by atoms with Crippen LogP contribution in [0.4, 0.5) is 10.1 Å². The second kappa shape index (κ2) is 7.08. The molecule has 2 rings (SSSR count). The molecule has 0 atom stereocenters. The fourth-order valence-electron chi connectivity index (χ4n) is 1.65. The van der Waals surface area contributed by atoms with Crippen LogP contribution in [-0.2, 0) is 4.79 Å². The molecular formula is C15H13BrFNO3. The van der Waals surface area contributed by atoms with Gasteiger partial charge in [-0.25, -0.2) is 4.39 Å². The van der Waals surface area contributed by atoms with Gasteiger partial charge in [0.25, 0.3) is 5.91 Å². The van der Waals surface area contributed by atoms with E-state index in [1.165, 1.54) is 25.3 Å². The van der Waals surface area contributed by atoms with Gasteiger partial charge in [-0.3, -0.25) is 4.79 Å². The lowest BCUT2D eigenvalue weighted by atomic mass is 10.3. The predicted octanol–water partition coefficient (Wildman–Crippen LogP) is 3.61. The van der Waals surface area contributed by atoms with Gasteiger partial charge in [-0.05, 0) is 46.3 Å². The maximum atomic E-state index is 13.1. The van der Waals surface area contributed by atoms with Crippen LogP contribution in [-0.4, -0.2) is 19.6 Å². The molecule has 0 aliphatic heterocycles. The molecule has 0 fully saturated rings. The first kappa shape index (κ1) is 15.3. The predicted molar refractivity (Wildman–Crippen MR) is 81.2 cm³/mol. The third-order valence-corrected chi connectivity index (χ3v) is 3.25. The molecule has 0 aliphatic carbocycles. The summed E-state index contributed by atoms with van der Waals surface area (Å²) < 4.78 is 23.8. The Labute approximate surface area is 130 Å². The number of ether oxygens (including phenoxy) is 2. The van der Waals surface area contributed by atoms with Gasteiger partial charge in [0.05, 0.1) is 17.3 Å². The van der Waals surface area contributed by atoms with Crippen LogP contribution in [0, 0.1) is 5.82 Å². The molecule has 0 saturated heterocycles. The number of hydrogen-bond acceptors (Lipinski definition) is 3. The Balaban J connectivity index is 1.94.